The fourth-order valence-corrected chi connectivity index (χ4v) is 4.30. The number of rotatable bonds is 8. The Balaban J connectivity index is 0.000000396. The molecule has 5 rings (SSSR count). The first-order valence-corrected chi connectivity index (χ1v) is 12.9. The zero-order chi connectivity index (χ0) is 26.5. The van der Waals surface area contributed by atoms with Crippen LogP contribution in [0.15, 0.2) is 47.0 Å². The molecule has 2 aliphatic rings. The van der Waals surface area contributed by atoms with Gasteiger partial charge in [0, 0.05) is 17.0 Å². The first kappa shape index (κ1) is 26.7. The maximum absolute atomic E-state index is 14.1. The quantitative estimate of drug-likeness (QED) is 0.353. The summed E-state index contributed by atoms with van der Waals surface area (Å²) in [6.45, 7) is 5.33. The zero-order valence-electron chi connectivity index (χ0n) is 21.4. The predicted molar refractivity (Wildman–Crippen MR) is 136 cm³/mol. The van der Waals surface area contributed by atoms with Gasteiger partial charge in [-0.15, -0.1) is 0 Å². The van der Waals surface area contributed by atoms with E-state index in [0.717, 1.165) is 19.3 Å². The summed E-state index contributed by atoms with van der Waals surface area (Å²) in [5, 5.41) is 12.9. The van der Waals surface area contributed by atoms with Gasteiger partial charge >= 0.3 is 0 Å². The van der Waals surface area contributed by atoms with Crippen molar-refractivity contribution >= 4 is 11.6 Å². The number of halogens is 1. The van der Waals surface area contributed by atoms with Crippen LogP contribution in [-0.4, -0.2) is 32.9 Å². The van der Waals surface area contributed by atoms with E-state index in [0.29, 0.717) is 29.2 Å². The molecule has 1 heterocycles. The molecule has 3 unspecified atom stereocenters. The standard InChI is InChI=1S/C23H21FN2O4.C6H12O/c1-3-20(29-17-9-6-15(7-10-17)21(28)14-4-5-14)23-25-22(26-30-23)16-8-11-18(13(2)27)19(24)12-16;1-5-3-2-4-6(5)7/h6-12,14,20H,3-5H2,1-2H3;5-7H,2-4H2,1H3. The molecule has 3 atom stereocenters. The van der Waals surface area contributed by atoms with Crippen molar-refractivity contribution in [1.29, 1.82) is 0 Å². The van der Waals surface area contributed by atoms with Crippen molar-refractivity contribution < 1.29 is 28.3 Å². The third-order valence-electron chi connectivity index (χ3n) is 6.88. The van der Waals surface area contributed by atoms with E-state index in [1.165, 1.54) is 31.9 Å². The fourth-order valence-electron chi connectivity index (χ4n) is 4.30. The lowest BCUT2D eigenvalue weighted by molar-refractivity contribution is 0.0966. The maximum atomic E-state index is 14.1. The van der Waals surface area contributed by atoms with Gasteiger partial charge in [0.1, 0.15) is 11.6 Å². The van der Waals surface area contributed by atoms with Gasteiger partial charge in [-0.05, 0) is 81.3 Å². The lowest BCUT2D eigenvalue weighted by Gasteiger charge is -2.13. The number of hydrogen-bond acceptors (Lipinski definition) is 7. The van der Waals surface area contributed by atoms with Crippen LogP contribution in [0.3, 0.4) is 0 Å². The van der Waals surface area contributed by atoms with Crippen LogP contribution in [0.5, 0.6) is 5.75 Å². The van der Waals surface area contributed by atoms with E-state index < -0.39 is 11.9 Å². The van der Waals surface area contributed by atoms with Gasteiger partial charge in [0.15, 0.2) is 17.7 Å². The number of hydrogen-bond donors (Lipinski definition) is 1. The first-order chi connectivity index (χ1) is 17.8. The SMILES string of the molecule is CC1CCCC1O.CCC(Oc1ccc(C(=O)C2CC2)cc1)c1nc(-c2ccc(C(C)=O)c(F)c2)no1. The second-order valence-corrected chi connectivity index (χ2v) is 9.86. The molecule has 0 bridgehead atoms. The highest BCUT2D eigenvalue weighted by Gasteiger charge is 2.30. The Morgan fingerprint density at radius 3 is 2.38 bits per heavy atom. The molecular formula is C29H33FN2O5. The topological polar surface area (TPSA) is 103 Å². The van der Waals surface area contributed by atoms with Crippen LogP contribution in [0.2, 0.25) is 0 Å². The summed E-state index contributed by atoms with van der Waals surface area (Å²) in [6, 6.07) is 11.2. The number of aromatic nitrogens is 2. The summed E-state index contributed by atoms with van der Waals surface area (Å²) in [6.07, 6.45) is 5.51. The van der Waals surface area contributed by atoms with Gasteiger partial charge < -0.3 is 14.4 Å². The Morgan fingerprint density at radius 2 is 1.86 bits per heavy atom. The van der Waals surface area contributed by atoms with E-state index in [2.05, 4.69) is 17.1 Å². The van der Waals surface area contributed by atoms with Crippen molar-refractivity contribution in [1.82, 2.24) is 10.1 Å². The number of carbonyl (C=O) groups is 2. The smallest absolute Gasteiger partial charge is 0.268 e. The van der Waals surface area contributed by atoms with Gasteiger partial charge in [-0.3, -0.25) is 9.59 Å². The van der Waals surface area contributed by atoms with Crippen LogP contribution in [0.25, 0.3) is 11.4 Å². The summed E-state index contributed by atoms with van der Waals surface area (Å²) < 4.78 is 25.4. The van der Waals surface area contributed by atoms with Crippen LogP contribution in [0, 0.1) is 17.7 Å². The molecule has 3 aromatic rings. The van der Waals surface area contributed by atoms with Crippen LogP contribution in [0.1, 0.15) is 92.0 Å². The molecule has 2 aliphatic carbocycles. The van der Waals surface area contributed by atoms with E-state index >= 15 is 0 Å². The maximum Gasteiger partial charge on any atom is 0.268 e. The minimum atomic E-state index is -0.629. The summed E-state index contributed by atoms with van der Waals surface area (Å²) in [7, 11) is 0. The van der Waals surface area contributed by atoms with Gasteiger partial charge in [0.05, 0.1) is 11.7 Å². The van der Waals surface area contributed by atoms with Crippen molar-refractivity contribution in [3.8, 4) is 17.1 Å². The van der Waals surface area contributed by atoms with E-state index in [4.69, 9.17) is 14.4 Å². The Bertz CT molecular complexity index is 1230. The molecule has 0 radical (unpaired) electrons. The van der Waals surface area contributed by atoms with Crippen LogP contribution < -0.4 is 4.74 Å². The molecular weight excluding hydrogens is 475 g/mol. The molecule has 0 saturated heterocycles. The number of Topliss-reactive ketones (excluding diaryl/α,β-unsaturated/α-hetero) is 2. The Hall–Kier alpha value is -3.39. The third kappa shape index (κ3) is 6.68. The number of aliphatic hydroxyl groups is 1. The van der Waals surface area contributed by atoms with Gasteiger partial charge in [-0.2, -0.15) is 4.98 Å². The average molecular weight is 509 g/mol. The molecule has 37 heavy (non-hydrogen) atoms. The highest BCUT2D eigenvalue weighted by Crippen LogP contribution is 2.33. The van der Waals surface area contributed by atoms with Crippen LogP contribution in [0.4, 0.5) is 4.39 Å². The molecule has 2 aromatic carbocycles. The highest BCUT2D eigenvalue weighted by atomic mass is 19.1. The number of aliphatic hydroxyl groups excluding tert-OH is 1. The molecule has 0 spiro atoms. The minimum Gasteiger partial charge on any atom is -0.481 e. The second kappa shape index (κ2) is 11.8. The van der Waals surface area contributed by atoms with Crippen molar-refractivity contribution in [2.24, 2.45) is 11.8 Å². The van der Waals surface area contributed by atoms with Crippen molar-refractivity contribution in [3.05, 3.63) is 65.3 Å². The molecule has 1 N–H and O–H groups in total. The lowest BCUT2D eigenvalue weighted by Crippen LogP contribution is -2.07. The van der Waals surface area contributed by atoms with Gasteiger partial charge in [-0.1, -0.05) is 31.5 Å². The van der Waals surface area contributed by atoms with Crippen molar-refractivity contribution in [2.45, 2.75) is 71.5 Å². The summed E-state index contributed by atoms with van der Waals surface area (Å²) >= 11 is 0. The van der Waals surface area contributed by atoms with Crippen molar-refractivity contribution in [3.63, 3.8) is 0 Å². The van der Waals surface area contributed by atoms with Crippen LogP contribution in [-0.2, 0) is 0 Å². The van der Waals surface area contributed by atoms with Gasteiger partial charge in [0.25, 0.3) is 5.89 Å². The molecule has 7 nitrogen and oxygen atoms in total. The van der Waals surface area contributed by atoms with Crippen LogP contribution >= 0.6 is 0 Å². The van der Waals surface area contributed by atoms with Gasteiger partial charge in [-0.25, -0.2) is 4.39 Å². The highest BCUT2D eigenvalue weighted by molar-refractivity contribution is 5.99. The average Bonchev–Trinajstić information content (AvgIpc) is 3.51. The summed E-state index contributed by atoms with van der Waals surface area (Å²) in [5.41, 5.74) is 1.11. The molecule has 8 heteroatoms. The van der Waals surface area contributed by atoms with E-state index in [9.17, 15) is 14.0 Å². The number of ether oxygens (including phenoxy) is 1. The molecule has 0 aliphatic heterocycles. The van der Waals surface area contributed by atoms with E-state index in [1.54, 1.807) is 30.3 Å². The number of benzene rings is 2. The Morgan fingerprint density at radius 1 is 1.14 bits per heavy atom. The minimum absolute atomic E-state index is 0.0139. The number of carbonyl (C=O) groups excluding carboxylic acids is 2. The summed E-state index contributed by atoms with van der Waals surface area (Å²) in [5.74, 6) is 1.01. The second-order valence-electron chi connectivity index (χ2n) is 9.86. The predicted octanol–water partition coefficient (Wildman–Crippen LogP) is 6.37. The summed E-state index contributed by atoms with van der Waals surface area (Å²) in [4.78, 5) is 27.8. The molecule has 0 amide bonds. The Labute approximate surface area is 216 Å². The monoisotopic (exact) mass is 508 g/mol. The van der Waals surface area contributed by atoms with E-state index in [1.807, 2.05) is 6.92 Å². The zero-order valence-corrected chi connectivity index (χ0v) is 21.4. The third-order valence-corrected chi connectivity index (χ3v) is 6.88. The molecule has 2 saturated carbocycles. The number of nitrogens with zero attached hydrogens (tertiary/aromatic N) is 2. The largest absolute Gasteiger partial charge is 0.481 e. The Kier molecular flexibility index (Phi) is 8.48. The molecule has 2 fully saturated rings. The van der Waals surface area contributed by atoms with Gasteiger partial charge in [0.2, 0.25) is 5.82 Å². The number of ketones is 2. The molecule has 1 aromatic heterocycles. The van der Waals surface area contributed by atoms with E-state index in [-0.39, 0.29) is 40.9 Å². The molecule has 196 valence electrons. The fraction of sp³-hybridized carbons (Fsp3) is 0.448. The normalized spacial score (nSPS) is 19.6. The lowest BCUT2D eigenvalue weighted by atomic mass is 10.1. The first-order valence-electron chi connectivity index (χ1n) is 12.9. The van der Waals surface area contributed by atoms with Crippen molar-refractivity contribution in [2.75, 3.05) is 0 Å².